The van der Waals surface area contributed by atoms with Gasteiger partial charge in [0.25, 0.3) is 0 Å². The van der Waals surface area contributed by atoms with Gasteiger partial charge in [0, 0.05) is 18.8 Å². The second-order valence-corrected chi connectivity index (χ2v) is 5.02. The van der Waals surface area contributed by atoms with Crippen molar-refractivity contribution in [1.29, 1.82) is 0 Å². The fourth-order valence-electron chi connectivity index (χ4n) is 1.78. The van der Waals surface area contributed by atoms with Crippen LogP contribution in [0.2, 0.25) is 0 Å². The monoisotopic (exact) mass is 277 g/mol. The van der Waals surface area contributed by atoms with E-state index in [1.165, 1.54) is 0 Å². The molecule has 5 nitrogen and oxygen atoms in total. The summed E-state index contributed by atoms with van der Waals surface area (Å²) in [7, 11) is 0. The molecule has 0 saturated carbocycles. The molecule has 2 heterocycles. The zero-order chi connectivity index (χ0) is 14.7. The summed E-state index contributed by atoms with van der Waals surface area (Å²) >= 11 is 0. The number of hydrogen-bond donors (Lipinski definition) is 1. The molecule has 2 rings (SSSR count). The second kappa shape index (κ2) is 5.98. The maximum Gasteiger partial charge on any atom is 0.186 e. The third-order valence-electron chi connectivity index (χ3n) is 2.95. The molecule has 108 valence electrons. The average molecular weight is 277 g/mol. The summed E-state index contributed by atoms with van der Waals surface area (Å²) in [6, 6.07) is 0.267. The van der Waals surface area contributed by atoms with Crippen molar-refractivity contribution in [3.63, 3.8) is 0 Å². The Balaban J connectivity index is 2.37. The van der Waals surface area contributed by atoms with Crippen molar-refractivity contribution in [2.24, 2.45) is 0 Å². The van der Waals surface area contributed by atoms with Crippen LogP contribution in [0.4, 0.5) is 10.2 Å². The smallest absolute Gasteiger partial charge is 0.186 e. The van der Waals surface area contributed by atoms with E-state index in [4.69, 9.17) is 0 Å². The van der Waals surface area contributed by atoms with Crippen LogP contribution in [-0.4, -0.2) is 26.3 Å². The number of aromatic nitrogens is 4. The van der Waals surface area contributed by atoms with Gasteiger partial charge in [-0.3, -0.25) is 4.68 Å². The van der Waals surface area contributed by atoms with Gasteiger partial charge < -0.3 is 5.32 Å². The van der Waals surface area contributed by atoms with Crippen molar-refractivity contribution in [2.75, 3.05) is 11.9 Å². The quantitative estimate of drug-likeness (QED) is 0.912. The number of anilines is 1. The van der Waals surface area contributed by atoms with Gasteiger partial charge in [0.1, 0.15) is 0 Å². The van der Waals surface area contributed by atoms with Crippen LogP contribution in [0.15, 0.2) is 12.4 Å². The predicted molar refractivity (Wildman–Crippen MR) is 77.1 cm³/mol. The standard InChI is InChI=1S/C14H20FN5/c1-5-6-16-14-12(15)10(4)18-13(19-14)11-7-17-20(8-11)9(2)3/h7-9H,5-6H2,1-4H3,(H,16,18,19). The van der Waals surface area contributed by atoms with Gasteiger partial charge in [-0.05, 0) is 27.2 Å². The van der Waals surface area contributed by atoms with Crippen LogP contribution in [0, 0.1) is 12.7 Å². The van der Waals surface area contributed by atoms with Gasteiger partial charge in [0.2, 0.25) is 0 Å². The molecule has 0 aliphatic heterocycles. The minimum atomic E-state index is -0.390. The van der Waals surface area contributed by atoms with Crippen LogP contribution in [0.3, 0.4) is 0 Å². The number of nitrogens with zero attached hydrogens (tertiary/aromatic N) is 4. The van der Waals surface area contributed by atoms with Crippen molar-refractivity contribution >= 4 is 5.82 Å². The fourth-order valence-corrected chi connectivity index (χ4v) is 1.78. The molecule has 6 heteroatoms. The zero-order valence-corrected chi connectivity index (χ0v) is 12.3. The van der Waals surface area contributed by atoms with Crippen LogP contribution in [-0.2, 0) is 0 Å². The molecule has 0 unspecified atom stereocenters. The summed E-state index contributed by atoms with van der Waals surface area (Å²) in [4.78, 5) is 8.47. The first-order chi connectivity index (χ1) is 9.52. The molecular formula is C14H20FN5. The molecule has 0 aliphatic carbocycles. The number of hydrogen-bond acceptors (Lipinski definition) is 4. The first-order valence-electron chi connectivity index (χ1n) is 6.85. The van der Waals surface area contributed by atoms with Gasteiger partial charge in [-0.1, -0.05) is 6.92 Å². The molecule has 1 N–H and O–H groups in total. The molecule has 0 spiro atoms. The Hall–Kier alpha value is -1.98. The molecule has 2 aromatic rings. The lowest BCUT2D eigenvalue weighted by atomic mass is 10.3. The van der Waals surface area contributed by atoms with Gasteiger partial charge in [0.05, 0.1) is 17.5 Å². The van der Waals surface area contributed by atoms with E-state index in [1.807, 2.05) is 31.6 Å². The Labute approximate surface area is 118 Å². The lowest BCUT2D eigenvalue weighted by molar-refractivity contribution is 0.532. The Kier molecular flexibility index (Phi) is 4.32. The average Bonchev–Trinajstić information content (AvgIpc) is 2.90. The minimum Gasteiger partial charge on any atom is -0.368 e. The van der Waals surface area contributed by atoms with Crippen LogP contribution >= 0.6 is 0 Å². The maximum atomic E-state index is 13.9. The number of nitrogens with one attached hydrogen (secondary N) is 1. The van der Waals surface area contributed by atoms with Crippen molar-refractivity contribution in [3.8, 4) is 11.4 Å². The van der Waals surface area contributed by atoms with E-state index in [1.54, 1.807) is 13.1 Å². The largest absolute Gasteiger partial charge is 0.368 e. The zero-order valence-electron chi connectivity index (χ0n) is 12.3. The normalized spacial score (nSPS) is 11.1. The van der Waals surface area contributed by atoms with Gasteiger partial charge in [-0.25, -0.2) is 14.4 Å². The Bertz CT molecular complexity index is 591. The maximum absolute atomic E-state index is 13.9. The van der Waals surface area contributed by atoms with E-state index < -0.39 is 5.82 Å². The summed E-state index contributed by atoms with van der Waals surface area (Å²) in [5.74, 6) is 0.361. The molecule has 0 aliphatic rings. The summed E-state index contributed by atoms with van der Waals surface area (Å²) in [6.45, 7) is 8.43. The predicted octanol–water partition coefficient (Wildman–Crippen LogP) is 3.19. The van der Waals surface area contributed by atoms with E-state index in [-0.39, 0.29) is 11.9 Å². The number of rotatable bonds is 5. The highest BCUT2D eigenvalue weighted by Gasteiger charge is 2.14. The summed E-state index contributed by atoms with van der Waals surface area (Å²) in [6.07, 6.45) is 4.49. The molecule has 0 radical (unpaired) electrons. The van der Waals surface area contributed by atoms with Crippen molar-refractivity contribution in [3.05, 3.63) is 23.9 Å². The summed E-state index contributed by atoms with van der Waals surface area (Å²) in [5.41, 5.74) is 1.13. The second-order valence-electron chi connectivity index (χ2n) is 5.02. The molecule has 0 bridgehead atoms. The Morgan fingerprint density at radius 3 is 2.70 bits per heavy atom. The summed E-state index contributed by atoms with van der Waals surface area (Å²) in [5, 5.41) is 7.25. The van der Waals surface area contributed by atoms with Crippen LogP contribution < -0.4 is 5.32 Å². The van der Waals surface area contributed by atoms with E-state index in [0.717, 1.165) is 12.0 Å². The van der Waals surface area contributed by atoms with Crippen LogP contribution in [0.1, 0.15) is 38.9 Å². The molecule has 20 heavy (non-hydrogen) atoms. The van der Waals surface area contributed by atoms with E-state index in [9.17, 15) is 4.39 Å². The topological polar surface area (TPSA) is 55.6 Å². The fraction of sp³-hybridized carbons (Fsp3) is 0.500. The highest BCUT2D eigenvalue weighted by molar-refractivity contribution is 5.56. The molecule has 0 atom stereocenters. The van der Waals surface area contributed by atoms with Crippen molar-refractivity contribution < 1.29 is 4.39 Å². The van der Waals surface area contributed by atoms with E-state index >= 15 is 0 Å². The molecule has 0 fully saturated rings. The molecule has 0 amide bonds. The van der Waals surface area contributed by atoms with Gasteiger partial charge in [-0.15, -0.1) is 0 Å². The summed E-state index contributed by atoms with van der Waals surface area (Å²) < 4.78 is 15.8. The van der Waals surface area contributed by atoms with Crippen molar-refractivity contribution in [1.82, 2.24) is 19.7 Å². The Morgan fingerprint density at radius 1 is 1.35 bits per heavy atom. The van der Waals surface area contributed by atoms with Gasteiger partial charge in [-0.2, -0.15) is 5.10 Å². The first kappa shape index (κ1) is 14.4. The highest BCUT2D eigenvalue weighted by Crippen LogP contribution is 2.21. The highest BCUT2D eigenvalue weighted by atomic mass is 19.1. The third kappa shape index (κ3) is 2.95. The Morgan fingerprint density at radius 2 is 2.10 bits per heavy atom. The van der Waals surface area contributed by atoms with Crippen LogP contribution in [0.5, 0.6) is 0 Å². The van der Waals surface area contributed by atoms with Gasteiger partial charge >= 0.3 is 0 Å². The van der Waals surface area contributed by atoms with Gasteiger partial charge in [0.15, 0.2) is 17.5 Å². The lowest BCUT2D eigenvalue weighted by Gasteiger charge is -2.08. The molecule has 0 saturated heterocycles. The first-order valence-corrected chi connectivity index (χ1v) is 6.85. The van der Waals surface area contributed by atoms with Crippen LogP contribution in [0.25, 0.3) is 11.4 Å². The molecule has 0 aromatic carbocycles. The lowest BCUT2D eigenvalue weighted by Crippen LogP contribution is -2.08. The van der Waals surface area contributed by atoms with Crippen molar-refractivity contribution in [2.45, 2.75) is 40.2 Å². The third-order valence-corrected chi connectivity index (χ3v) is 2.95. The molecule has 2 aromatic heterocycles. The SMILES string of the molecule is CCCNc1nc(-c2cnn(C(C)C)c2)nc(C)c1F. The van der Waals surface area contributed by atoms with E-state index in [2.05, 4.69) is 20.4 Å². The minimum absolute atomic E-state index is 0.256. The number of halogens is 1. The van der Waals surface area contributed by atoms with E-state index in [0.29, 0.717) is 18.1 Å². The molecular weight excluding hydrogens is 257 g/mol. The number of aryl methyl sites for hydroxylation is 1.